The minimum Gasteiger partial charge on any atom is -0.396 e. The van der Waals surface area contributed by atoms with Crippen molar-refractivity contribution in [1.82, 2.24) is 5.32 Å². The number of carbonyl (C=O) groups excluding carboxylic acids is 1. The lowest BCUT2D eigenvalue weighted by Gasteiger charge is -2.35. The molecule has 1 amide bonds. The summed E-state index contributed by atoms with van der Waals surface area (Å²) in [6, 6.07) is 0. The maximum atomic E-state index is 11.9. The first-order valence-corrected chi connectivity index (χ1v) is 7.66. The van der Waals surface area contributed by atoms with Gasteiger partial charge in [-0.05, 0) is 38.5 Å². The highest BCUT2D eigenvalue weighted by Gasteiger charge is 2.35. The molecule has 4 nitrogen and oxygen atoms in total. The fourth-order valence-corrected chi connectivity index (χ4v) is 3.35. The fourth-order valence-electron chi connectivity index (χ4n) is 3.35. The van der Waals surface area contributed by atoms with Gasteiger partial charge in [-0.2, -0.15) is 0 Å². The molecule has 2 aliphatic rings. The van der Waals surface area contributed by atoms with Gasteiger partial charge in [0.25, 0.3) is 0 Å². The molecule has 0 aromatic rings. The van der Waals surface area contributed by atoms with E-state index in [-0.39, 0.29) is 17.9 Å². The minimum atomic E-state index is -0.0386. The van der Waals surface area contributed by atoms with Crippen LogP contribution in [0.2, 0.25) is 0 Å². The summed E-state index contributed by atoms with van der Waals surface area (Å²) in [5.74, 6) is 0.630. The molecule has 2 fully saturated rings. The first-order valence-electron chi connectivity index (χ1n) is 7.66. The molecule has 0 unspecified atom stereocenters. The monoisotopic (exact) mass is 269 g/mol. The van der Waals surface area contributed by atoms with Crippen LogP contribution in [0, 0.1) is 11.3 Å². The molecule has 4 heteroatoms. The lowest BCUT2D eigenvalue weighted by atomic mass is 9.79. The highest BCUT2D eigenvalue weighted by atomic mass is 16.5. The summed E-state index contributed by atoms with van der Waals surface area (Å²) < 4.78 is 5.50. The molecule has 2 rings (SSSR count). The van der Waals surface area contributed by atoms with Crippen molar-refractivity contribution in [3.8, 4) is 0 Å². The van der Waals surface area contributed by atoms with Crippen molar-refractivity contribution in [3.63, 3.8) is 0 Å². The van der Waals surface area contributed by atoms with Crippen LogP contribution >= 0.6 is 0 Å². The van der Waals surface area contributed by atoms with Gasteiger partial charge in [0.05, 0.1) is 12.7 Å². The smallest absolute Gasteiger partial charge is 0.220 e. The van der Waals surface area contributed by atoms with E-state index in [1.165, 1.54) is 12.8 Å². The molecule has 2 saturated carbocycles. The summed E-state index contributed by atoms with van der Waals surface area (Å²) >= 11 is 0. The van der Waals surface area contributed by atoms with Crippen LogP contribution in [-0.4, -0.2) is 36.9 Å². The normalized spacial score (nSPS) is 28.9. The standard InChI is InChI=1S/C15H27NO3/c1-2-19-13-7-12(8-13)9-14(18)16-10-15(11-17)5-3-4-6-15/h12-13,17H,2-11H2,1H3,(H,16,18). The molecular formula is C15H27NO3. The zero-order valence-electron chi connectivity index (χ0n) is 12.0. The largest absolute Gasteiger partial charge is 0.396 e. The molecule has 2 N–H and O–H groups in total. The first-order chi connectivity index (χ1) is 9.17. The van der Waals surface area contributed by atoms with Crippen molar-refractivity contribution in [2.75, 3.05) is 19.8 Å². The number of hydrogen-bond acceptors (Lipinski definition) is 3. The number of nitrogens with one attached hydrogen (secondary N) is 1. The Hall–Kier alpha value is -0.610. The Morgan fingerprint density at radius 2 is 2.05 bits per heavy atom. The average molecular weight is 269 g/mol. The van der Waals surface area contributed by atoms with Crippen molar-refractivity contribution in [1.29, 1.82) is 0 Å². The number of carbonyl (C=O) groups is 1. The van der Waals surface area contributed by atoms with Crippen molar-refractivity contribution in [3.05, 3.63) is 0 Å². The summed E-state index contributed by atoms with van der Waals surface area (Å²) in [6.45, 7) is 3.62. The number of aliphatic hydroxyl groups excluding tert-OH is 1. The second-order valence-corrected chi connectivity index (χ2v) is 6.26. The maximum absolute atomic E-state index is 11.9. The second-order valence-electron chi connectivity index (χ2n) is 6.26. The van der Waals surface area contributed by atoms with E-state index in [4.69, 9.17) is 4.74 Å². The van der Waals surface area contributed by atoms with Gasteiger partial charge in [0.15, 0.2) is 0 Å². The Labute approximate surface area is 115 Å². The molecule has 0 bridgehead atoms. The van der Waals surface area contributed by atoms with Crippen LogP contribution in [0.4, 0.5) is 0 Å². The zero-order chi connectivity index (χ0) is 13.7. The van der Waals surface area contributed by atoms with Crippen molar-refractivity contribution >= 4 is 5.91 Å². The number of ether oxygens (including phenoxy) is 1. The van der Waals surface area contributed by atoms with Crippen LogP contribution in [0.25, 0.3) is 0 Å². The predicted octanol–water partition coefficient (Wildman–Crippen LogP) is 1.86. The molecule has 0 aromatic carbocycles. The van der Waals surface area contributed by atoms with E-state index in [1.54, 1.807) is 0 Å². The highest BCUT2D eigenvalue weighted by Crippen LogP contribution is 2.37. The van der Waals surface area contributed by atoms with Gasteiger partial charge < -0.3 is 15.2 Å². The number of aliphatic hydroxyl groups is 1. The Morgan fingerprint density at radius 1 is 1.37 bits per heavy atom. The molecule has 0 aliphatic heterocycles. The van der Waals surface area contributed by atoms with Crippen LogP contribution in [0.15, 0.2) is 0 Å². The van der Waals surface area contributed by atoms with E-state index >= 15 is 0 Å². The van der Waals surface area contributed by atoms with E-state index in [1.807, 2.05) is 6.92 Å². The summed E-state index contributed by atoms with van der Waals surface area (Å²) in [5.41, 5.74) is -0.0386. The Bertz CT molecular complexity index is 294. The lowest BCUT2D eigenvalue weighted by molar-refractivity contribution is -0.125. The van der Waals surface area contributed by atoms with Gasteiger partial charge in [0.1, 0.15) is 0 Å². The van der Waals surface area contributed by atoms with Gasteiger partial charge in [0, 0.05) is 25.0 Å². The molecule has 0 radical (unpaired) electrons. The van der Waals surface area contributed by atoms with Crippen LogP contribution in [0.5, 0.6) is 0 Å². The van der Waals surface area contributed by atoms with Crippen LogP contribution in [0.1, 0.15) is 51.9 Å². The molecule has 0 heterocycles. The Balaban J connectivity index is 1.63. The summed E-state index contributed by atoms with van der Waals surface area (Å²) in [6.07, 6.45) is 7.47. The third kappa shape index (κ3) is 3.93. The SMILES string of the molecule is CCOC1CC(CC(=O)NCC2(CO)CCCC2)C1. The van der Waals surface area contributed by atoms with Crippen LogP contribution < -0.4 is 5.32 Å². The number of hydrogen-bond donors (Lipinski definition) is 2. The number of amides is 1. The average Bonchev–Trinajstić information content (AvgIpc) is 2.83. The van der Waals surface area contributed by atoms with Crippen molar-refractivity contribution in [2.24, 2.45) is 11.3 Å². The number of rotatable bonds is 7. The van der Waals surface area contributed by atoms with Gasteiger partial charge in [-0.1, -0.05) is 12.8 Å². The van der Waals surface area contributed by atoms with Gasteiger partial charge in [-0.25, -0.2) is 0 Å². The fraction of sp³-hybridized carbons (Fsp3) is 0.933. The highest BCUT2D eigenvalue weighted by molar-refractivity contribution is 5.76. The Morgan fingerprint density at radius 3 is 2.63 bits per heavy atom. The van der Waals surface area contributed by atoms with Gasteiger partial charge in [-0.15, -0.1) is 0 Å². The maximum Gasteiger partial charge on any atom is 0.220 e. The minimum absolute atomic E-state index is 0.0386. The first kappa shape index (κ1) is 14.8. The topological polar surface area (TPSA) is 58.6 Å². The summed E-state index contributed by atoms with van der Waals surface area (Å²) in [7, 11) is 0. The van der Waals surface area contributed by atoms with Gasteiger partial charge in [-0.3, -0.25) is 4.79 Å². The van der Waals surface area contributed by atoms with E-state index in [2.05, 4.69) is 5.32 Å². The van der Waals surface area contributed by atoms with Crippen molar-refractivity contribution < 1.29 is 14.6 Å². The van der Waals surface area contributed by atoms with Crippen LogP contribution in [-0.2, 0) is 9.53 Å². The quantitative estimate of drug-likeness (QED) is 0.741. The third-order valence-electron chi connectivity index (χ3n) is 4.73. The van der Waals surface area contributed by atoms with E-state index in [0.29, 0.717) is 25.0 Å². The molecular weight excluding hydrogens is 242 g/mol. The Kier molecular flexibility index (Phi) is 5.22. The zero-order valence-corrected chi connectivity index (χ0v) is 12.0. The van der Waals surface area contributed by atoms with Crippen LogP contribution in [0.3, 0.4) is 0 Å². The molecule has 19 heavy (non-hydrogen) atoms. The van der Waals surface area contributed by atoms with Gasteiger partial charge in [0.2, 0.25) is 5.91 Å². The van der Waals surface area contributed by atoms with Gasteiger partial charge >= 0.3 is 0 Å². The summed E-state index contributed by atoms with van der Waals surface area (Å²) in [4.78, 5) is 11.9. The third-order valence-corrected chi connectivity index (χ3v) is 4.73. The molecule has 0 spiro atoms. The van der Waals surface area contributed by atoms with E-state index in [9.17, 15) is 9.90 Å². The second kappa shape index (κ2) is 6.71. The molecule has 0 aromatic heterocycles. The lowest BCUT2D eigenvalue weighted by Crippen LogP contribution is -2.40. The van der Waals surface area contributed by atoms with E-state index in [0.717, 1.165) is 32.3 Å². The molecule has 2 aliphatic carbocycles. The predicted molar refractivity (Wildman–Crippen MR) is 73.8 cm³/mol. The molecule has 110 valence electrons. The van der Waals surface area contributed by atoms with E-state index < -0.39 is 0 Å². The molecule has 0 saturated heterocycles. The summed E-state index contributed by atoms with van der Waals surface area (Å²) in [5, 5.41) is 12.5. The van der Waals surface area contributed by atoms with Crippen molar-refractivity contribution in [2.45, 2.75) is 58.0 Å². The molecule has 0 atom stereocenters.